The van der Waals surface area contributed by atoms with E-state index in [4.69, 9.17) is 9.47 Å². The van der Waals surface area contributed by atoms with Crippen LogP contribution in [0.25, 0.3) is 0 Å². The maximum absolute atomic E-state index is 13.2. The summed E-state index contributed by atoms with van der Waals surface area (Å²) < 4.78 is 11.4. The number of carbonyl (C=O) groups is 1. The van der Waals surface area contributed by atoms with Crippen molar-refractivity contribution in [1.29, 1.82) is 0 Å². The number of benzene rings is 2. The summed E-state index contributed by atoms with van der Waals surface area (Å²) >= 11 is 0. The van der Waals surface area contributed by atoms with Crippen molar-refractivity contribution in [2.24, 2.45) is 5.92 Å². The van der Waals surface area contributed by atoms with Crippen LogP contribution in [0.2, 0.25) is 0 Å². The first-order chi connectivity index (χ1) is 13.5. The van der Waals surface area contributed by atoms with E-state index in [1.165, 1.54) is 0 Å². The van der Waals surface area contributed by atoms with Gasteiger partial charge in [-0.1, -0.05) is 39.0 Å². The zero-order chi connectivity index (χ0) is 20.3. The van der Waals surface area contributed by atoms with E-state index < -0.39 is 0 Å². The lowest BCUT2D eigenvalue weighted by Gasteiger charge is -2.41. The maximum atomic E-state index is 13.2. The normalized spacial score (nSPS) is 17.1. The van der Waals surface area contributed by atoms with Gasteiger partial charge in [0.1, 0.15) is 6.17 Å². The summed E-state index contributed by atoms with van der Waals surface area (Å²) in [7, 11) is 1.64. The number of ether oxygens (including phenoxy) is 2. The van der Waals surface area contributed by atoms with Crippen LogP contribution in [0.3, 0.4) is 0 Å². The fourth-order valence-electron chi connectivity index (χ4n) is 3.39. The molecule has 0 bridgehead atoms. The van der Waals surface area contributed by atoms with Gasteiger partial charge in [0.2, 0.25) is 0 Å². The Morgan fingerprint density at radius 3 is 2.54 bits per heavy atom. The third-order valence-electron chi connectivity index (χ3n) is 5.10. The van der Waals surface area contributed by atoms with E-state index in [0.717, 1.165) is 23.4 Å². The van der Waals surface area contributed by atoms with Crippen molar-refractivity contribution < 1.29 is 14.3 Å². The van der Waals surface area contributed by atoms with E-state index >= 15 is 0 Å². The smallest absolute Gasteiger partial charge is 0.258 e. The molecular weight excluding hydrogens is 352 g/mol. The summed E-state index contributed by atoms with van der Waals surface area (Å²) in [6.45, 7) is 9.03. The number of fused-ring (bicyclic) bond motifs is 1. The van der Waals surface area contributed by atoms with Crippen LogP contribution in [-0.2, 0) is 0 Å². The summed E-state index contributed by atoms with van der Waals surface area (Å²) in [4.78, 5) is 15.2. The zero-order valence-corrected chi connectivity index (χ0v) is 17.4. The summed E-state index contributed by atoms with van der Waals surface area (Å²) in [5, 5.41) is 3.54. The minimum Gasteiger partial charge on any atom is -0.493 e. The highest BCUT2D eigenvalue weighted by atomic mass is 16.5. The highest BCUT2D eigenvalue weighted by Crippen LogP contribution is 2.38. The lowest BCUT2D eigenvalue weighted by atomic mass is 10.0. The number of amides is 1. The molecule has 2 aromatic rings. The molecule has 0 aromatic heterocycles. The Morgan fingerprint density at radius 1 is 1.11 bits per heavy atom. The first-order valence-corrected chi connectivity index (χ1v) is 9.95. The second-order valence-electron chi connectivity index (χ2n) is 7.68. The van der Waals surface area contributed by atoms with E-state index in [1.807, 2.05) is 47.4 Å². The minimum atomic E-state index is -0.259. The van der Waals surface area contributed by atoms with E-state index in [0.29, 0.717) is 23.8 Å². The predicted molar refractivity (Wildman–Crippen MR) is 112 cm³/mol. The number of nitrogens with one attached hydrogen (secondary N) is 1. The Morgan fingerprint density at radius 2 is 1.86 bits per heavy atom. The Balaban J connectivity index is 1.99. The Bertz CT molecular complexity index is 834. The molecule has 0 aliphatic carbocycles. The molecule has 150 valence electrons. The van der Waals surface area contributed by atoms with Crippen molar-refractivity contribution in [1.82, 2.24) is 4.90 Å². The number of anilines is 1. The van der Waals surface area contributed by atoms with Gasteiger partial charge >= 0.3 is 0 Å². The van der Waals surface area contributed by atoms with Crippen LogP contribution >= 0.6 is 0 Å². The maximum Gasteiger partial charge on any atom is 0.258 e. The fourth-order valence-corrected chi connectivity index (χ4v) is 3.39. The number of rotatable bonds is 7. The average molecular weight is 383 g/mol. The topological polar surface area (TPSA) is 50.8 Å². The molecule has 0 fully saturated rings. The molecule has 0 radical (unpaired) electrons. The molecule has 1 heterocycles. The van der Waals surface area contributed by atoms with E-state index in [2.05, 4.69) is 33.0 Å². The third kappa shape index (κ3) is 3.93. The minimum absolute atomic E-state index is 0.0489. The van der Waals surface area contributed by atoms with Gasteiger partial charge < -0.3 is 19.7 Å². The quantitative estimate of drug-likeness (QED) is 0.724. The molecule has 0 saturated heterocycles. The zero-order valence-electron chi connectivity index (χ0n) is 17.4. The molecule has 1 aliphatic rings. The number of para-hydroxylation sites is 1. The molecule has 5 heteroatoms. The van der Waals surface area contributed by atoms with Gasteiger partial charge in [-0.15, -0.1) is 0 Å². The van der Waals surface area contributed by atoms with Crippen molar-refractivity contribution >= 4 is 11.6 Å². The second-order valence-corrected chi connectivity index (χ2v) is 7.68. The largest absolute Gasteiger partial charge is 0.493 e. The number of hydrogen-bond acceptors (Lipinski definition) is 4. The van der Waals surface area contributed by atoms with E-state index in [-0.39, 0.29) is 18.1 Å². The monoisotopic (exact) mass is 382 g/mol. The molecule has 1 N–H and O–H groups in total. The fraction of sp³-hybridized carbons (Fsp3) is 0.435. The number of hydrogen-bond donors (Lipinski definition) is 1. The molecule has 0 saturated carbocycles. The molecule has 1 aliphatic heterocycles. The molecule has 2 atom stereocenters. The lowest BCUT2D eigenvalue weighted by Crippen LogP contribution is -2.47. The van der Waals surface area contributed by atoms with Gasteiger partial charge in [-0.3, -0.25) is 4.79 Å². The van der Waals surface area contributed by atoms with Crippen molar-refractivity contribution in [3.8, 4) is 11.5 Å². The van der Waals surface area contributed by atoms with Crippen molar-refractivity contribution in [3.05, 3.63) is 53.6 Å². The molecule has 3 rings (SSSR count). The predicted octanol–water partition coefficient (Wildman–Crippen LogP) is 5.10. The Labute approximate surface area is 167 Å². The summed E-state index contributed by atoms with van der Waals surface area (Å²) in [6.07, 6.45) is 0.615. The molecule has 0 spiro atoms. The SMILES string of the molecule is CCC(C)N1C(=O)c2ccccc2NC1c1ccc(OCC(C)C)c(OC)c1. The number of nitrogens with zero attached hydrogens (tertiary/aromatic N) is 1. The van der Waals surface area contributed by atoms with Crippen LogP contribution in [0, 0.1) is 5.92 Å². The van der Waals surface area contributed by atoms with Crippen LogP contribution in [0.4, 0.5) is 5.69 Å². The van der Waals surface area contributed by atoms with Crippen LogP contribution in [0.1, 0.15) is 56.2 Å². The van der Waals surface area contributed by atoms with Crippen LogP contribution in [0.15, 0.2) is 42.5 Å². The second kappa shape index (κ2) is 8.55. The van der Waals surface area contributed by atoms with Gasteiger partial charge in [0.25, 0.3) is 5.91 Å². The first-order valence-electron chi connectivity index (χ1n) is 9.95. The van der Waals surface area contributed by atoms with Crippen molar-refractivity contribution in [2.45, 2.75) is 46.3 Å². The summed E-state index contributed by atoms with van der Waals surface area (Å²) in [5.41, 5.74) is 2.54. The van der Waals surface area contributed by atoms with E-state index in [1.54, 1.807) is 7.11 Å². The third-order valence-corrected chi connectivity index (χ3v) is 5.10. The van der Waals surface area contributed by atoms with Crippen molar-refractivity contribution in [3.63, 3.8) is 0 Å². The van der Waals surface area contributed by atoms with Gasteiger partial charge in [0.15, 0.2) is 11.5 Å². The molecular formula is C23H30N2O3. The van der Waals surface area contributed by atoms with E-state index in [9.17, 15) is 4.79 Å². The number of methoxy groups -OCH3 is 1. The Kier molecular flexibility index (Phi) is 6.12. The Hall–Kier alpha value is -2.69. The van der Waals surface area contributed by atoms with Gasteiger partial charge in [0.05, 0.1) is 19.3 Å². The van der Waals surface area contributed by atoms with Crippen LogP contribution in [-0.4, -0.2) is 30.6 Å². The molecule has 28 heavy (non-hydrogen) atoms. The van der Waals surface area contributed by atoms with Crippen molar-refractivity contribution in [2.75, 3.05) is 19.0 Å². The summed E-state index contributed by atoms with van der Waals surface area (Å²) in [5.74, 6) is 1.88. The lowest BCUT2D eigenvalue weighted by molar-refractivity contribution is 0.0593. The first kappa shape index (κ1) is 20.1. The highest BCUT2D eigenvalue weighted by Gasteiger charge is 2.35. The average Bonchev–Trinajstić information content (AvgIpc) is 2.71. The van der Waals surface area contributed by atoms with Crippen LogP contribution < -0.4 is 14.8 Å². The molecule has 2 unspecified atom stereocenters. The standard InChI is InChI=1S/C23H30N2O3/c1-6-16(4)25-22(24-19-10-8-7-9-18(19)23(25)26)17-11-12-20(21(13-17)27-5)28-14-15(2)3/h7-13,15-16,22,24H,6,14H2,1-5H3. The highest BCUT2D eigenvalue weighted by molar-refractivity contribution is 6.01. The van der Waals surface area contributed by atoms with Gasteiger partial charge in [-0.25, -0.2) is 0 Å². The van der Waals surface area contributed by atoms with Crippen LogP contribution in [0.5, 0.6) is 11.5 Å². The molecule has 2 aromatic carbocycles. The summed E-state index contributed by atoms with van der Waals surface area (Å²) in [6, 6.07) is 13.7. The van der Waals surface area contributed by atoms with Gasteiger partial charge in [-0.05, 0) is 49.1 Å². The molecule has 1 amide bonds. The van der Waals surface area contributed by atoms with Gasteiger partial charge in [-0.2, -0.15) is 0 Å². The van der Waals surface area contributed by atoms with Gasteiger partial charge in [0, 0.05) is 11.7 Å². The molecule has 5 nitrogen and oxygen atoms in total. The number of carbonyl (C=O) groups excluding carboxylic acids is 1.